The molecule has 0 unspecified atom stereocenters. The lowest BCUT2D eigenvalue weighted by Crippen LogP contribution is -2.44. The predicted molar refractivity (Wildman–Crippen MR) is 77.8 cm³/mol. The number of hydrogen-bond acceptors (Lipinski definition) is 3. The molecular formula is C16H19F2NO4. The number of hydrogen-bond donors (Lipinski definition) is 1. The molecule has 1 amide bonds. The molecule has 0 saturated carbocycles. The van der Waals surface area contributed by atoms with Crippen molar-refractivity contribution in [2.45, 2.75) is 51.3 Å². The molecule has 0 radical (unpaired) electrons. The molecule has 126 valence electrons. The Hall–Kier alpha value is -2.18. The zero-order chi connectivity index (χ0) is 17.4. The van der Waals surface area contributed by atoms with Crippen LogP contribution in [0.25, 0.3) is 0 Å². The minimum Gasteiger partial charge on any atom is -0.480 e. The van der Waals surface area contributed by atoms with E-state index in [1.807, 2.05) is 0 Å². The summed E-state index contributed by atoms with van der Waals surface area (Å²) < 4.78 is 31.8. The van der Waals surface area contributed by atoms with Crippen molar-refractivity contribution in [1.29, 1.82) is 0 Å². The Morgan fingerprint density at radius 3 is 2.39 bits per heavy atom. The molecule has 1 saturated heterocycles. The molecule has 0 bridgehead atoms. The summed E-state index contributed by atoms with van der Waals surface area (Å²) in [5.74, 6) is -3.18. The van der Waals surface area contributed by atoms with E-state index in [1.54, 1.807) is 20.8 Å². The lowest BCUT2D eigenvalue weighted by molar-refractivity contribution is -0.142. The van der Waals surface area contributed by atoms with E-state index >= 15 is 0 Å². The number of likely N-dealkylation sites (tertiary alicyclic amines) is 1. The van der Waals surface area contributed by atoms with Gasteiger partial charge in [-0.05, 0) is 51.3 Å². The molecule has 2 rings (SSSR count). The molecule has 0 spiro atoms. The van der Waals surface area contributed by atoms with E-state index in [0.717, 1.165) is 17.0 Å². The van der Waals surface area contributed by atoms with E-state index in [4.69, 9.17) is 4.74 Å². The van der Waals surface area contributed by atoms with Crippen LogP contribution in [0.15, 0.2) is 18.2 Å². The molecule has 1 fully saturated rings. The van der Waals surface area contributed by atoms with Crippen LogP contribution in [-0.2, 0) is 9.53 Å². The molecule has 23 heavy (non-hydrogen) atoms. The molecule has 2 atom stereocenters. The number of aliphatic carboxylic acids is 1. The molecule has 1 aromatic carbocycles. The molecule has 1 heterocycles. The third kappa shape index (κ3) is 3.78. The number of halogens is 2. The van der Waals surface area contributed by atoms with E-state index in [1.165, 1.54) is 6.07 Å². The van der Waals surface area contributed by atoms with Crippen molar-refractivity contribution in [3.8, 4) is 0 Å². The van der Waals surface area contributed by atoms with Crippen LogP contribution in [0, 0.1) is 11.6 Å². The topological polar surface area (TPSA) is 66.8 Å². The Morgan fingerprint density at radius 1 is 1.22 bits per heavy atom. The molecular weight excluding hydrogens is 308 g/mol. The third-order valence-electron chi connectivity index (χ3n) is 3.60. The highest BCUT2D eigenvalue weighted by molar-refractivity contribution is 5.81. The highest BCUT2D eigenvalue weighted by atomic mass is 19.2. The van der Waals surface area contributed by atoms with Crippen LogP contribution in [0.2, 0.25) is 0 Å². The van der Waals surface area contributed by atoms with Gasteiger partial charge >= 0.3 is 12.1 Å². The van der Waals surface area contributed by atoms with Crippen molar-refractivity contribution in [1.82, 2.24) is 4.90 Å². The van der Waals surface area contributed by atoms with Gasteiger partial charge in [0, 0.05) is 0 Å². The molecule has 0 aromatic heterocycles. The normalized spacial score (nSPS) is 21.3. The average molecular weight is 327 g/mol. The minimum absolute atomic E-state index is 0.220. The summed E-state index contributed by atoms with van der Waals surface area (Å²) in [6, 6.07) is 1.59. The van der Waals surface area contributed by atoms with Crippen LogP contribution in [0.3, 0.4) is 0 Å². The number of carboxylic acids is 1. The van der Waals surface area contributed by atoms with E-state index < -0.39 is 41.4 Å². The Morgan fingerprint density at radius 2 is 1.87 bits per heavy atom. The van der Waals surface area contributed by atoms with Gasteiger partial charge in [0.2, 0.25) is 0 Å². The highest BCUT2D eigenvalue weighted by Gasteiger charge is 2.43. The Labute approximate surface area is 132 Å². The fourth-order valence-corrected chi connectivity index (χ4v) is 2.67. The molecule has 1 aromatic rings. The fourth-order valence-electron chi connectivity index (χ4n) is 2.67. The smallest absolute Gasteiger partial charge is 0.411 e. The second-order valence-corrected chi connectivity index (χ2v) is 6.51. The molecule has 5 nitrogen and oxygen atoms in total. The van der Waals surface area contributed by atoms with E-state index in [0.29, 0.717) is 12.0 Å². The molecule has 1 aliphatic heterocycles. The van der Waals surface area contributed by atoms with Gasteiger partial charge in [-0.3, -0.25) is 4.90 Å². The van der Waals surface area contributed by atoms with Gasteiger partial charge in [0.15, 0.2) is 11.6 Å². The number of carbonyl (C=O) groups is 2. The van der Waals surface area contributed by atoms with Gasteiger partial charge in [0.05, 0.1) is 6.04 Å². The van der Waals surface area contributed by atoms with E-state index in [9.17, 15) is 23.5 Å². The summed E-state index contributed by atoms with van der Waals surface area (Å²) in [6.07, 6.45) is -0.225. The lowest BCUT2D eigenvalue weighted by atomic mass is 10.0. The maximum atomic E-state index is 13.5. The largest absolute Gasteiger partial charge is 0.480 e. The number of carbonyl (C=O) groups excluding carboxylic acids is 1. The average Bonchev–Trinajstić information content (AvgIpc) is 2.85. The van der Waals surface area contributed by atoms with Crippen molar-refractivity contribution in [2.24, 2.45) is 0 Å². The maximum Gasteiger partial charge on any atom is 0.411 e. The van der Waals surface area contributed by atoms with Crippen LogP contribution >= 0.6 is 0 Å². The number of benzene rings is 1. The fraction of sp³-hybridized carbons (Fsp3) is 0.500. The van der Waals surface area contributed by atoms with E-state index in [2.05, 4.69) is 0 Å². The van der Waals surface area contributed by atoms with Gasteiger partial charge in [0.1, 0.15) is 11.6 Å². The second kappa shape index (κ2) is 6.14. The van der Waals surface area contributed by atoms with Crippen molar-refractivity contribution < 1.29 is 28.2 Å². The van der Waals surface area contributed by atoms with Crippen molar-refractivity contribution in [2.75, 3.05) is 0 Å². The number of amides is 1. The SMILES string of the molecule is CC(C)(C)OC(=O)N1[C@@H](c2ccc(F)c(F)c2)CC[C@H]1C(=O)O. The summed E-state index contributed by atoms with van der Waals surface area (Å²) >= 11 is 0. The zero-order valence-electron chi connectivity index (χ0n) is 13.2. The van der Waals surface area contributed by atoms with E-state index in [-0.39, 0.29) is 6.42 Å². The minimum atomic E-state index is -1.15. The first kappa shape index (κ1) is 17.2. The molecule has 7 heteroatoms. The quantitative estimate of drug-likeness (QED) is 0.903. The van der Waals surface area contributed by atoms with Crippen LogP contribution in [0.1, 0.15) is 45.2 Å². The molecule has 1 N–H and O–H groups in total. The van der Waals surface area contributed by atoms with Gasteiger partial charge in [-0.25, -0.2) is 18.4 Å². The Balaban J connectivity index is 2.35. The summed E-state index contributed by atoms with van der Waals surface area (Å²) in [7, 11) is 0. The zero-order valence-corrected chi connectivity index (χ0v) is 13.2. The first-order valence-corrected chi connectivity index (χ1v) is 7.29. The number of rotatable bonds is 2. The van der Waals surface area contributed by atoms with Crippen LogP contribution in [0.5, 0.6) is 0 Å². The summed E-state index contributed by atoms with van der Waals surface area (Å²) in [6.45, 7) is 5.01. The summed E-state index contributed by atoms with van der Waals surface area (Å²) in [5, 5.41) is 9.31. The predicted octanol–water partition coefficient (Wildman–Crippen LogP) is 3.49. The van der Waals surface area contributed by atoms with Gasteiger partial charge in [-0.1, -0.05) is 6.07 Å². The molecule has 1 aliphatic rings. The summed E-state index contributed by atoms with van der Waals surface area (Å²) in [5.41, 5.74) is -0.445. The van der Waals surface area contributed by atoms with Gasteiger partial charge in [-0.2, -0.15) is 0 Å². The standard InChI is InChI=1S/C16H19F2NO4/c1-16(2,3)23-15(22)19-12(6-7-13(19)14(20)21)9-4-5-10(17)11(18)8-9/h4-5,8,12-13H,6-7H2,1-3H3,(H,20,21)/t12-,13+/m1/s1. The van der Waals surface area contributed by atoms with Crippen LogP contribution in [0.4, 0.5) is 13.6 Å². The first-order chi connectivity index (χ1) is 10.6. The van der Waals surface area contributed by atoms with Gasteiger partial charge < -0.3 is 9.84 Å². The lowest BCUT2D eigenvalue weighted by Gasteiger charge is -2.31. The number of ether oxygens (including phenoxy) is 1. The maximum absolute atomic E-state index is 13.5. The Bertz CT molecular complexity index is 627. The first-order valence-electron chi connectivity index (χ1n) is 7.29. The second-order valence-electron chi connectivity index (χ2n) is 6.51. The van der Waals surface area contributed by atoms with Crippen molar-refractivity contribution in [3.63, 3.8) is 0 Å². The number of carboxylic acid groups (broad SMARTS) is 1. The van der Waals surface area contributed by atoms with Crippen molar-refractivity contribution in [3.05, 3.63) is 35.4 Å². The molecule has 0 aliphatic carbocycles. The summed E-state index contributed by atoms with van der Waals surface area (Å²) in [4.78, 5) is 24.9. The van der Waals surface area contributed by atoms with Gasteiger partial charge in [-0.15, -0.1) is 0 Å². The number of nitrogens with zero attached hydrogens (tertiary/aromatic N) is 1. The third-order valence-corrected chi connectivity index (χ3v) is 3.60. The van der Waals surface area contributed by atoms with Crippen LogP contribution in [-0.4, -0.2) is 33.7 Å². The van der Waals surface area contributed by atoms with Gasteiger partial charge in [0.25, 0.3) is 0 Å². The van der Waals surface area contributed by atoms with Crippen LogP contribution < -0.4 is 0 Å². The highest BCUT2D eigenvalue weighted by Crippen LogP contribution is 2.37. The van der Waals surface area contributed by atoms with Crippen molar-refractivity contribution >= 4 is 12.1 Å². The Kier molecular flexibility index (Phi) is 4.58. The monoisotopic (exact) mass is 327 g/mol.